The molecule has 2 rings (SSSR count). The molecule has 1 saturated carbocycles. The Bertz CT molecular complexity index is 500. The van der Waals surface area contributed by atoms with Crippen LogP contribution in [0, 0.1) is 12.8 Å². The number of aryl methyl sites for hydroxylation is 1. The van der Waals surface area contributed by atoms with E-state index in [-0.39, 0.29) is 11.9 Å². The average Bonchev–Trinajstić information content (AvgIpc) is 2.69. The number of thiazole rings is 1. The second kappa shape index (κ2) is 5.56. The van der Waals surface area contributed by atoms with Crippen molar-refractivity contribution in [3.8, 4) is 0 Å². The van der Waals surface area contributed by atoms with E-state index >= 15 is 0 Å². The molecule has 0 aliphatic heterocycles. The van der Waals surface area contributed by atoms with Crippen LogP contribution in [0.1, 0.15) is 41.0 Å². The number of aromatic nitrogens is 1. The van der Waals surface area contributed by atoms with Crippen LogP contribution in [0.2, 0.25) is 0 Å². The number of amides is 1. The molecule has 1 aliphatic carbocycles. The van der Waals surface area contributed by atoms with Crippen molar-refractivity contribution in [3.05, 3.63) is 10.6 Å². The zero-order valence-corrected chi connectivity index (χ0v) is 11.5. The second-order valence-electron chi connectivity index (χ2n) is 4.78. The number of hydrogen-bond acceptors (Lipinski definition) is 5. The number of carboxylic acids is 1. The Labute approximate surface area is 115 Å². The van der Waals surface area contributed by atoms with E-state index in [0.29, 0.717) is 28.5 Å². The fourth-order valence-electron chi connectivity index (χ4n) is 2.46. The summed E-state index contributed by atoms with van der Waals surface area (Å²) in [6.45, 7) is 1.72. The molecule has 1 heterocycles. The van der Waals surface area contributed by atoms with Crippen LogP contribution in [-0.2, 0) is 4.79 Å². The molecule has 0 saturated heterocycles. The molecule has 19 heavy (non-hydrogen) atoms. The average molecular weight is 283 g/mol. The van der Waals surface area contributed by atoms with Crippen molar-refractivity contribution in [2.45, 2.75) is 38.6 Å². The molecular weight excluding hydrogens is 266 g/mol. The topological polar surface area (TPSA) is 105 Å². The van der Waals surface area contributed by atoms with Crippen molar-refractivity contribution in [2.75, 3.05) is 5.73 Å². The van der Waals surface area contributed by atoms with Gasteiger partial charge in [0, 0.05) is 6.04 Å². The van der Waals surface area contributed by atoms with Crippen molar-refractivity contribution in [3.63, 3.8) is 0 Å². The van der Waals surface area contributed by atoms with Gasteiger partial charge in [-0.1, -0.05) is 24.2 Å². The number of nitrogens with one attached hydrogen (secondary N) is 1. The van der Waals surface area contributed by atoms with Gasteiger partial charge in [0.2, 0.25) is 0 Å². The third kappa shape index (κ3) is 3.04. The van der Waals surface area contributed by atoms with Crippen LogP contribution < -0.4 is 11.1 Å². The Kier molecular flexibility index (Phi) is 4.04. The third-order valence-electron chi connectivity index (χ3n) is 3.42. The van der Waals surface area contributed by atoms with Gasteiger partial charge >= 0.3 is 5.97 Å². The van der Waals surface area contributed by atoms with Crippen LogP contribution >= 0.6 is 11.3 Å². The number of carbonyl (C=O) groups is 2. The highest BCUT2D eigenvalue weighted by Crippen LogP contribution is 2.26. The molecule has 0 aromatic carbocycles. The van der Waals surface area contributed by atoms with Gasteiger partial charge in [-0.05, 0) is 19.8 Å². The number of aliphatic carboxylic acids is 1. The van der Waals surface area contributed by atoms with Crippen molar-refractivity contribution in [1.29, 1.82) is 0 Å². The lowest BCUT2D eigenvalue weighted by Gasteiger charge is -2.29. The lowest BCUT2D eigenvalue weighted by atomic mass is 9.84. The van der Waals surface area contributed by atoms with Crippen LogP contribution in [0.3, 0.4) is 0 Å². The lowest BCUT2D eigenvalue weighted by molar-refractivity contribution is -0.143. The fourth-order valence-corrected chi connectivity index (χ4v) is 3.20. The van der Waals surface area contributed by atoms with Gasteiger partial charge in [-0.3, -0.25) is 9.59 Å². The van der Waals surface area contributed by atoms with Gasteiger partial charge in [-0.15, -0.1) is 0 Å². The van der Waals surface area contributed by atoms with Crippen molar-refractivity contribution in [2.24, 2.45) is 5.92 Å². The van der Waals surface area contributed by atoms with Crippen molar-refractivity contribution in [1.82, 2.24) is 10.3 Å². The first-order valence-electron chi connectivity index (χ1n) is 6.25. The number of nitrogens with two attached hydrogens (primary N) is 1. The minimum atomic E-state index is -0.842. The first-order chi connectivity index (χ1) is 8.99. The predicted octanol–water partition coefficient (Wildman–Crippen LogP) is 1.41. The number of carbonyl (C=O) groups excluding carboxylic acids is 1. The van der Waals surface area contributed by atoms with Crippen LogP contribution in [0.25, 0.3) is 0 Å². The molecule has 1 fully saturated rings. The molecule has 4 N–H and O–H groups in total. The van der Waals surface area contributed by atoms with E-state index in [9.17, 15) is 9.59 Å². The smallest absolute Gasteiger partial charge is 0.308 e. The summed E-state index contributed by atoms with van der Waals surface area (Å²) < 4.78 is 0. The largest absolute Gasteiger partial charge is 0.481 e. The second-order valence-corrected chi connectivity index (χ2v) is 5.81. The summed E-state index contributed by atoms with van der Waals surface area (Å²) in [5.41, 5.74) is 6.15. The Balaban J connectivity index is 2.09. The van der Waals surface area contributed by atoms with Crippen molar-refractivity contribution >= 4 is 28.3 Å². The molecule has 0 spiro atoms. The maximum Gasteiger partial charge on any atom is 0.308 e. The standard InChI is InChI=1S/C12H17N3O3S/c1-6-9(19-12(13)14-6)10(16)15-8-5-3-2-4-7(8)11(17)18/h7-8H,2-5H2,1H3,(H2,13,14)(H,15,16)(H,17,18). The van der Waals surface area contributed by atoms with Crippen LogP contribution in [0.5, 0.6) is 0 Å². The van der Waals surface area contributed by atoms with Gasteiger partial charge in [0.05, 0.1) is 11.6 Å². The molecule has 0 bridgehead atoms. The summed E-state index contributed by atoms with van der Waals surface area (Å²) in [7, 11) is 0. The Morgan fingerprint density at radius 1 is 1.42 bits per heavy atom. The van der Waals surface area contributed by atoms with E-state index in [1.165, 1.54) is 0 Å². The first-order valence-corrected chi connectivity index (χ1v) is 7.07. The first kappa shape index (κ1) is 13.8. The maximum absolute atomic E-state index is 12.1. The molecule has 2 unspecified atom stereocenters. The molecular formula is C12H17N3O3S. The molecule has 6 nitrogen and oxygen atoms in total. The molecule has 7 heteroatoms. The number of rotatable bonds is 3. The number of nitrogen functional groups attached to an aromatic ring is 1. The number of carboxylic acid groups (broad SMARTS) is 1. The Morgan fingerprint density at radius 3 is 2.68 bits per heavy atom. The highest BCUT2D eigenvalue weighted by molar-refractivity contribution is 7.17. The minimum Gasteiger partial charge on any atom is -0.481 e. The summed E-state index contributed by atoms with van der Waals surface area (Å²) in [5, 5.41) is 12.3. The van der Waals surface area contributed by atoms with Crippen LogP contribution in [0.4, 0.5) is 5.13 Å². The van der Waals surface area contributed by atoms with Gasteiger partial charge in [0.25, 0.3) is 5.91 Å². The molecule has 104 valence electrons. The molecule has 1 aromatic heterocycles. The molecule has 1 amide bonds. The maximum atomic E-state index is 12.1. The van der Waals surface area contributed by atoms with Gasteiger partial charge in [0.1, 0.15) is 4.88 Å². The lowest BCUT2D eigenvalue weighted by Crippen LogP contribution is -2.45. The zero-order valence-electron chi connectivity index (χ0n) is 10.7. The zero-order chi connectivity index (χ0) is 14.0. The number of hydrogen-bond donors (Lipinski definition) is 3. The van der Waals surface area contributed by atoms with E-state index in [2.05, 4.69) is 10.3 Å². The predicted molar refractivity (Wildman–Crippen MR) is 72.1 cm³/mol. The van der Waals surface area contributed by atoms with Gasteiger partial charge in [0.15, 0.2) is 5.13 Å². The summed E-state index contributed by atoms with van der Waals surface area (Å²) in [5.74, 6) is -1.61. The van der Waals surface area contributed by atoms with E-state index < -0.39 is 11.9 Å². The van der Waals surface area contributed by atoms with Gasteiger partial charge in [-0.25, -0.2) is 4.98 Å². The van der Waals surface area contributed by atoms with Crippen LogP contribution in [-0.4, -0.2) is 28.0 Å². The van der Waals surface area contributed by atoms with Crippen molar-refractivity contribution < 1.29 is 14.7 Å². The summed E-state index contributed by atoms with van der Waals surface area (Å²) >= 11 is 1.13. The summed E-state index contributed by atoms with van der Waals surface area (Å²) in [6.07, 6.45) is 3.16. The van der Waals surface area contributed by atoms with E-state index in [1.54, 1.807) is 6.92 Å². The van der Waals surface area contributed by atoms with Crippen LogP contribution in [0.15, 0.2) is 0 Å². The quantitative estimate of drug-likeness (QED) is 0.777. The summed E-state index contributed by atoms with van der Waals surface area (Å²) in [4.78, 5) is 27.8. The van der Waals surface area contributed by atoms with E-state index in [0.717, 1.165) is 24.2 Å². The van der Waals surface area contributed by atoms with Gasteiger partial charge in [-0.2, -0.15) is 0 Å². The normalized spacial score (nSPS) is 23.0. The SMILES string of the molecule is Cc1nc(N)sc1C(=O)NC1CCCCC1C(=O)O. The monoisotopic (exact) mass is 283 g/mol. The fraction of sp³-hybridized carbons (Fsp3) is 0.583. The highest BCUT2D eigenvalue weighted by Gasteiger charge is 2.32. The Hall–Kier alpha value is -1.63. The van der Waals surface area contributed by atoms with Gasteiger partial charge < -0.3 is 16.2 Å². The third-order valence-corrected chi connectivity index (χ3v) is 4.40. The Morgan fingerprint density at radius 2 is 2.11 bits per heavy atom. The molecule has 1 aliphatic rings. The highest BCUT2D eigenvalue weighted by atomic mass is 32.1. The van der Waals surface area contributed by atoms with E-state index in [4.69, 9.17) is 10.8 Å². The minimum absolute atomic E-state index is 0.273. The molecule has 0 radical (unpaired) electrons. The summed E-state index contributed by atoms with van der Waals surface area (Å²) in [6, 6.07) is -0.304. The number of nitrogens with zero attached hydrogens (tertiary/aromatic N) is 1. The number of anilines is 1. The molecule has 1 aromatic rings. The van der Waals surface area contributed by atoms with E-state index in [1.807, 2.05) is 0 Å². The molecule has 2 atom stereocenters.